The lowest BCUT2D eigenvalue weighted by Gasteiger charge is -2.10. The zero-order chi connectivity index (χ0) is 23.8. The number of rotatable bonds is 5. The molecule has 2 heterocycles. The van der Waals surface area contributed by atoms with Crippen molar-refractivity contribution in [3.63, 3.8) is 0 Å². The number of fused-ring (bicyclic) bond motifs is 1. The van der Waals surface area contributed by atoms with E-state index in [2.05, 4.69) is 9.98 Å². The van der Waals surface area contributed by atoms with Crippen molar-refractivity contribution in [3.05, 3.63) is 69.9 Å². The monoisotopic (exact) mass is 477 g/mol. The number of nitro benzene ring substituents is 1. The van der Waals surface area contributed by atoms with Crippen molar-refractivity contribution in [3.8, 4) is 11.5 Å². The van der Waals surface area contributed by atoms with Crippen molar-refractivity contribution in [2.45, 2.75) is 12.2 Å². The summed E-state index contributed by atoms with van der Waals surface area (Å²) in [6.45, 7) is 0. The normalized spacial score (nSPS) is 15.9. The molecule has 0 amide bonds. The van der Waals surface area contributed by atoms with Gasteiger partial charge in [-0.2, -0.15) is 13.2 Å². The predicted molar refractivity (Wildman–Crippen MR) is 115 cm³/mol. The molecule has 1 aromatic heterocycles. The lowest BCUT2D eigenvalue weighted by molar-refractivity contribution is -0.385. The lowest BCUT2D eigenvalue weighted by Crippen LogP contribution is -2.19. The maximum atomic E-state index is 12.9. The summed E-state index contributed by atoms with van der Waals surface area (Å²) in [4.78, 5) is 30.8. The van der Waals surface area contributed by atoms with Gasteiger partial charge in [0.25, 0.3) is 0 Å². The Kier molecular flexibility index (Phi) is 5.93. The van der Waals surface area contributed by atoms with Gasteiger partial charge in [0.05, 0.1) is 28.8 Å². The molecule has 2 aromatic carbocycles. The van der Waals surface area contributed by atoms with Crippen LogP contribution in [-0.4, -0.2) is 39.8 Å². The van der Waals surface area contributed by atoms with Crippen molar-refractivity contribution in [1.29, 1.82) is 0 Å². The highest BCUT2D eigenvalue weighted by atomic mass is 32.2. The Bertz CT molecular complexity index is 1300. The largest absolute Gasteiger partial charge is 0.467 e. The zero-order valence-electron chi connectivity index (χ0n) is 16.8. The molecule has 1 aliphatic rings. The van der Waals surface area contributed by atoms with Gasteiger partial charge in [0.1, 0.15) is 10.8 Å². The Morgan fingerprint density at radius 2 is 1.97 bits per heavy atom. The Morgan fingerprint density at radius 3 is 2.67 bits per heavy atom. The van der Waals surface area contributed by atoms with Crippen LogP contribution in [0.5, 0.6) is 11.5 Å². The number of methoxy groups -OCH3 is 1. The lowest BCUT2D eigenvalue weighted by atomic mass is 10.1. The van der Waals surface area contributed by atoms with Crippen LogP contribution in [0.4, 0.5) is 18.9 Å². The molecule has 0 spiro atoms. The molecule has 0 bridgehead atoms. The molecule has 1 aliphatic heterocycles. The summed E-state index contributed by atoms with van der Waals surface area (Å²) in [5.41, 5.74) is -0.786. The molecule has 0 N–H and O–H groups in total. The van der Waals surface area contributed by atoms with E-state index >= 15 is 0 Å². The number of nitrogens with zero attached hydrogens (tertiary/aromatic N) is 3. The number of nitro groups is 1. The number of benzene rings is 2. The van der Waals surface area contributed by atoms with Gasteiger partial charge in [-0.25, -0.2) is 9.78 Å². The molecule has 1 atom stereocenters. The SMILES string of the molecule is COC(=O)C1CSC(c2ccc3cc(Oc4ccc(C(F)(F)F)cc4[N+](=O)[O-])ccc3n2)=N1. The van der Waals surface area contributed by atoms with Crippen molar-refractivity contribution >= 4 is 39.4 Å². The minimum absolute atomic E-state index is 0.193. The highest BCUT2D eigenvalue weighted by Gasteiger charge is 2.33. The van der Waals surface area contributed by atoms with E-state index in [9.17, 15) is 28.1 Å². The van der Waals surface area contributed by atoms with E-state index < -0.39 is 34.4 Å². The molecule has 0 aliphatic carbocycles. The molecule has 1 unspecified atom stereocenters. The van der Waals surface area contributed by atoms with Crippen LogP contribution in [0.2, 0.25) is 0 Å². The topological polar surface area (TPSA) is 104 Å². The van der Waals surface area contributed by atoms with E-state index in [4.69, 9.17) is 9.47 Å². The van der Waals surface area contributed by atoms with E-state index in [-0.39, 0.29) is 11.5 Å². The van der Waals surface area contributed by atoms with Gasteiger partial charge < -0.3 is 9.47 Å². The fourth-order valence-electron chi connectivity index (χ4n) is 3.11. The maximum absolute atomic E-state index is 12.9. The van der Waals surface area contributed by atoms with E-state index in [1.54, 1.807) is 24.3 Å². The molecule has 12 heteroatoms. The quantitative estimate of drug-likeness (QED) is 0.290. The summed E-state index contributed by atoms with van der Waals surface area (Å²) in [6, 6.07) is 9.61. The number of thioether (sulfide) groups is 1. The van der Waals surface area contributed by atoms with Crippen molar-refractivity contribution in [1.82, 2.24) is 4.98 Å². The van der Waals surface area contributed by atoms with Crippen LogP contribution >= 0.6 is 11.8 Å². The first kappa shape index (κ1) is 22.5. The van der Waals surface area contributed by atoms with Gasteiger partial charge in [0.2, 0.25) is 5.75 Å². The van der Waals surface area contributed by atoms with Crippen LogP contribution in [0.25, 0.3) is 10.9 Å². The third-order valence-corrected chi connectivity index (χ3v) is 5.79. The Labute approximate surface area is 188 Å². The first-order chi connectivity index (χ1) is 15.7. The first-order valence-corrected chi connectivity index (χ1v) is 10.4. The maximum Gasteiger partial charge on any atom is 0.416 e. The number of aromatic nitrogens is 1. The Balaban J connectivity index is 1.60. The van der Waals surface area contributed by atoms with Gasteiger partial charge >= 0.3 is 17.8 Å². The summed E-state index contributed by atoms with van der Waals surface area (Å²) >= 11 is 1.39. The minimum Gasteiger partial charge on any atom is -0.467 e. The zero-order valence-corrected chi connectivity index (χ0v) is 17.6. The number of hydrogen-bond donors (Lipinski definition) is 0. The predicted octanol–water partition coefficient (Wildman–Crippen LogP) is 4.99. The van der Waals surface area contributed by atoms with Crippen molar-refractivity contribution in [2.24, 2.45) is 4.99 Å². The third-order valence-electron chi connectivity index (χ3n) is 4.71. The average molecular weight is 477 g/mol. The van der Waals surface area contributed by atoms with Gasteiger partial charge in [-0.05, 0) is 36.4 Å². The summed E-state index contributed by atoms with van der Waals surface area (Å²) in [5, 5.41) is 12.5. The van der Waals surface area contributed by atoms with Gasteiger partial charge in [-0.15, -0.1) is 11.8 Å². The van der Waals surface area contributed by atoms with Gasteiger partial charge in [-0.1, -0.05) is 6.07 Å². The number of ether oxygens (including phenoxy) is 2. The standard InChI is InChI=1S/C21H14F3N3O5S/c1-31-20(28)16-10-33-19(26-16)15-5-2-11-8-13(4-6-14(11)25-15)32-18-7-3-12(21(22,23)24)9-17(18)27(29)30/h2-9,16H,10H2,1H3. The van der Waals surface area contributed by atoms with Crippen LogP contribution < -0.4 is 4.74 Å². The van der Waals surface area contributed by atoms with E-state index in [1.165, 1.54) is 24.9 Å². The molecule has 0 fully saturated rings. The fraction of sp³-hybridized carbons (Fsp3) is 0.190. The summed E-state index contributed by atoms with van der Waals surface area (Å²) in [7, 11) is 1.30. The van der Waals surface area contributed by atoms with E-state index in [1.807, 2.05) is 0 Å². The van der Waals surface area contributed by atoms with Gasteiger partial charge in [0.15, 0.2) is 6.04 Å². The van der Waals surface area contributed by atoms with Crippen LogP contribution in [0.1, 0.15) is 11.3 Å². The summed E-state index contributed by atoms with van der Waals surface area (Å²) in [6.07, 6.45) is -4.71. The van der Waals surface area contributed by atoms with Gasteiger partial charge in [-0.3, -0.25) is 15.1 Å². The van der Waals surface area contributed by atoms with Crippen LogP contribution in [0.15, 0.2) is 53.5 Å². The Hall–Kier alpha value is -3.67. The number of pyridine rings is 1. The minimum atomic E-state index is -4.71. The number of aliphatic imine (C=N–C) groups is 1. The third kappa shape index (κ3) is 4.75. The van der Waals surface area contributed by atoms with Crippen LogP contribution in [0.3, 0.4) is 0 Å². The first-order valence-electron chi connectivity index (χ1n) is 9.39. The molecule has 170 valence electrons. The number of halogens is 3. The second-order valence-electron chi connectivity index (χ2n) is 6.87. The molecule has 0 saturated carbocycles. The number of esters is 1. The number of carbonyl (C=O) groups excluding carboxylic acids is 1. The molecule has 3 aromatic rings. The molecule has 4 rings (SSSR count). The van der Waals surface area contributed by atoms with Crippen molar-refractivity contribution in [2.75, 3.05) is 12.9 Å². The summed E-state index contributed by atoms with van der Waals surface area (Å²) in [5.74, 6) is -0.0846. The van der Waals surface area contributed by atoms with E-state index in [0.717, 1.165) is 12.1 Å². The highest BCUT2D eigenvalue weighted by molar-refractivity contribution is 8.14. The smallest absolute Gasteiger partial charge is 0.416 e. The van der Waals surface area contributed by atoms with E-state index in [0.29, 0.717) is 33.5 Å². The number of hydrogen-bond acceptors (Lipinski definition) is 8. The Morgan fingerprint density at radius 1 is 1.18 bits per heavy atom. The van der Waals surface area contributed by atoms with Crippen molar-refractivity contribution < 1.29 is 32.4 Å². The van der Waals surface area contributed by atoms with Gasteiger partial charge in [0, 0.05) is 17.2 Å². The summed E-state index contributed by atoms with van der Waals surface area (Å²) < 4.78 is 48.9. The number of carbonyl (C=O) groups is 1. The molecule has 33 heavy (non-hydrogen) atoms. The molecule has 0 saturated heterocycles. The van der Waals surface area contributed by atoms with Crippen LogP contribution in [-0.2, 0) is 15.7 Å². The highest BCUT2D eigenvalue weighted by Crippen LogP contribution is 2.38. The molecule has 0 radical (unpaired) electrons. The molecular weight excluding hydrogens is 463 g/mol. The average Bonchev–Trinajstić information content (AvgIpc) is 3.28. The van der Waals surface area contributed by atoms with Crippen LogP contribution in [0, 0.1) is 10.1 Å². The fourth-order valence-corrected chi connectivity index (χ4v) is 4.10. The second kappa shape index (κ2) is 8.70. The number of alkyl halides is 3. The molecular formula is C21H14F3N3O5S. The second-order valence-corrected chi connectivity index (χ2v) is 7.88. The molecule has 8 nitrogen and oxygen atoms in total.